The summed E-state index contributed by atoms with van der Waals surface area (Å²) in [5.41, 5.74) is 3.89. The summed E-state index contributed by atoms with van der Waals surface area (Å²) in [6, 6.07) is 2.47. The number of nitrogens with two attached hydrogens (primary N) is 1. The largest absolute Gasteiger partial charge is 0.328 e. The Labute approximate surface area is 98.8 Å². The van der Waals surface area contributed by atoms with Gasteiger partial charge in [0.2, 0.25) is 0 Å². The zero-order valence-corrected chi connectivity index (χ0v) is 9.77. The summed E-state index contributed by atoms with van der Waals surface area (Å²) in [7, 11) is 0. The lowest BCUT2D eigenvalue weighted by atomic mass is 9.78. The van der Waals surface area contributed by atoms with E-state index in [2.05, 4.69) is 0 Å². The Hall–Kier alpha value is -1.03. The van der Waals surface area contributed by atoms with E-state index >= 15 is 0 Å². The molecule has 0 aromatic heterocycles. The van der Waals surface area contributed by atoms with Crippen LogP contribution in [0.5, 0.6) is 0 Å². The highest BCUT2D eigenvalue weighted by Gasteiger charge is 2.39. The Balaban J connectivity index is 2.42. The van der Waals surface area contributed by atoms with E-state index in [1.54, 1.807) is 0 Å². The van der Waals surface area contributed by atoms with Crippen molar-refractivity contribution in [1.29, 1.82) is 0 Å². The third kappa shape index (κ3) is 2.18. The van der Waals surface area contributed by atoms with Crippen LogP contribution in [0.15, 0.2) is 12.1 Å². The van der Waals surface area contributed by atoms with Crippen molar-refractivity contribution in [3.05, 3.63) is 34.9 Å². The van der Waals surface area contributed by atoms with Gasteiger partial charge < -0.3 is 5.73 Å². The van der Waals surface area contributed by atoms with Crippen molar-refractivity contribution in [2.75, 3.05) is 0 Å². The zero-order valence-electron chi connectivity index (χ0n) is 9.77. The lowest BCUT2D eigenvalue weighted by Crippen LogP contribution is -2.37. The molecule has 1 saturated carbocycles. The Bertz CT molecular complexity index is 433. The molecule has 1 aromatic carbocycles. The molecule has 1 aliphatic rings. The van der Waals surface area contributed by atoms with Crippen LogP contribution < -0.4 is 5.73 Å². The van der Waals surface area contributed by atoms with Gasteiger partial charge in [0.25, 0.3) is 0 Å². The molecule has 1 aromatic rings. The molecule has 0 radical (unpaired) electrons. The molecule has 0 amide bonds. The van der Waals surface area contributed by atoms with Crippen LogP contribution in [0.3, 0.4) is 0 Å². The van der Waals surface area contributed by atoms with E-state index in [1.807, 2.05) is 0 Å². The molecule has 0 bridgehead atoms. The second-order valence-electron chi connectivity index (χ2n) is 4.88. The molecule has 2 rings (SSSR count). The summed E-state index contributed by atoms with van der Waals surface area (Å²) in [4.78, 5) is 0. The number of alkyl halides is 1. The molecule has 94 valence electrons. The SMILES string of the molecule is Cc1ccc(C2(F)CCCC(N)C2)c(F)c1F. The molecule has 1 fully saturated rings. The molecule has 2 atom stereocenters. The molecular formula is C13H16F3N. The average Bonchev–Trinajstić information content (AvgIpc) is 2.25. The van der Waals surface area contributed by atoms with Crippen molar-refractivity contribution in [2.45, 2.75) is 44.3 Å². The van der Waals surface area contributed by atoms with Gasteiger partial charge in [-0.1, -0.05) is 12.1 Å². The van der Waals surface area contributed by atoms with Gasteiger partial charge in [-0.05, 0) is 31.7 Å². The minimum absolute atomic E-state index is 0.0619. The molecule has 0 spiro atoms. The third-order valence-corrected chi connectivity index (χ3v) is 3.49. The van der Waals surface area contributed by atoms with Crippen LogP contribution in [0.25, 0.3) is 0 Å². The van der Waals surface area contributed by atoms with Crippen LogP contribution in [0.2, 0.25) is 0 Å². The number of hydrogen-bond acceptors (Lipinski definition) is 1. The molecule has 4 heteroatoms. The van der Waals surface area contributed by atoms with Crippen LogP contribution >= 0.6 is 0 Å². The standard InChI is InChI=1S/C13H16F3N/c1-8-4-5-10(12(15)11(8)14)13(16)6-2-3-9(17)7-13/h4-5,9H,2-3,6-7,17H2,1H3. The van der Waals surface area contributed by atoms with Crippen LogP contribution in [-0.4, -0.2) is 6.04 Å². The molecule has 2 unspecified atom stereocenters. The fourth-order valence-electron chi connectivity index (χ4n) is 2.50. The zero-order chi connectivity index (χ0) is 12.6. The van der Waals surface area contributed by atoms with Gasteiger partial charge in [-0.15, -0.1) is 0 Å². The highest BCUT2D eigenvalue weighted by Crippen LogP contribution is 2.42. The van der Waals surface area contributed by atoms with Crippen LogP contribution in [0.1, 0.15) is 36.8 Å². The minimum Gasteiger partial charge on any atom is -0.328 e. The smallest absolute Gasteiger partial charge is 0.165 e. The summed E-state index contributed by atoms with van der Waals surface area (Å²) in [6.07, 6.45) is 1.61. The van der Waals surface area contributed by atoms with E-state index in [0.717, 1.165) is 6.42 Å². The Morgan fingerprint density at radius 1 is 1.29 bits per heavy atom. The van der Waals surface area contributed by atoms with Crippen LogP contribution in [0.4, 0.5) is 13.2 Å². The van der Waals surface area contributed by atoms with Crippen LogP contribution in [0, 0.1) is 18.6 Å². The van der Waals surface area contributed by atoms with Crippen molar-refractivity contribution in [2.24, 2.45) is 5.73 Å². The maximum absolute atomic E-state index is 14.6. The van der Waals surface area contributed by atoms with Crippen molar-refractivity contribution in [1.82, 2.24) is 0 Å². The van der Waals surface area contributed by atoms with E-state index in [0.29, 0.717) is 6.42 Å². The summed E-state index contributed by atoms with van der Waals surface area (Å²) in [6.45, 7) is 1.46. The van der Waals surface area contributed by atoms with Gasteiger partial charge in [0.05, 0.1) is 0 Å². The molecular weight excluding hydrogens is 227 g/mol. The third-order valence-electron chi connectivity index (χ3n) is 3.49. The van der Waals surface area contributed by atoms with Crippen molar-refractivity contribution in [3.63, 3.8) is 0 Å². The first kappa shape index (κ1) is 12.4. The predicted octanol–water partition coefficient (Wildman–Crippen LogP) is 3.34. The van der Waals surface area contributed by atoms with Crippen molar-refractivity contribution in [3.8, 4) is 0 Å². The van der Waals surface area contributed by atoms with Gasteiger partial charge in [0, 0.05) is 18.0 Å². The molecule has 2 N–H and O–H groups in total. The molecule has 17 heavy (non-hydrogen) atoms. The molecule has 0 aliphatic heterocycles. The summed E-state index contributed by atoms with van der Waals surface area (Å²) in [5, 5.41) is 0. The van der Waals surface area contributed by atoms with Gasteiger partial charge in [-0.2, -0.15) is 0 Å². The number of benzene rings is 1. The van der Waals surface area contributed by atoms with E-state index in [-0.39, 0.29) is 30.0 Å². The van der Waals surface area contributed by atoms with Crippen molar-refractivity contribution < 1.29 is 13.2 Å². The van der Waals surface area contributed by atoms with E-state index in [1.165, 1.54) is 19.1 Å². The highest BCUT2D eigenvalue weighted by molar-refractivity contribution is 5.30. The molecule has 1 nitrogen and oxygen atoms in total. The summed E-state index contributed by atoms with van der Waals surface area (Å²) < 4.78 is 41.8. The first-order chi connectivity index (χ1) is 7.94. The van der Waals surface area contributed by atoms with Crippen LogP contribution in [-0.2, 0) is 5.67 Å². The van der Waals surface area contributed by atoms with Gasteiger partial charge in [0.15, 0.2) is 11.6 Å². The van der Waals surface area contributed by atoms with Gasteiger partial charge in [-0.3, -0.25) is 0 Å². The molecule has 0 saturated heterocycles. The lowest BCUT2D eigenvalue weighted by molar-refractivity contribution is 0.0895. The first-order valence-corrected chi connectivity index (χ1v) is 5.83. The second kappa shape index (κ2) is 4.33. The maximum Gasteiger partial charge on any atom is 0.165 e. The highest BCUT2D eigenvalue weighted by atomic mass is 19.2. The second-order valence-corrected chi connectivity index (χ2v) is 4.88. The Morgan fingerprint density at radius 3 is 2.65 bits per heavy atom. The minimum atomic E-state index is -1.82. The number of aryl methyl sites for hydroxylation is 1. The number of hydrogen-bond donors (Lipinski definition) is 1. The summed E-state index contributed by atoms with van der Waals surface area (Å²) in [5.74, 6) is -2.03. The van der Waals surface area contributed by atoms with E-state index in [4.69, 9.17) is 5.73 Å². The van der Waals surface area contributed by atoms with E-state index < -0.39 is 17.3 Å². The monoisotopic (exact) mass is 243 g/mol. The summed E-state index contributed by atoms with van der Waals surface area (Å²) >= 11 is 0. The van der Waals surface area contributed by atoms with Gasteiger partial charge >= 0.3 is 0 Å². The predicted molar refractivity (Wildman–Crippen MR) is 60.3 cm³/mol. The first-order valence-electron chi connectivity index (χ1n) is 5.83. The topological polar surface area (TPSA) is 26.0 Å². The quantitative estimate of drug-likeness (QED) is 0.804. The Morgan fingerprint density at radius 2 is 2.00 bits per heavy atom. The van der Waals surface area contributed by atoms with Crippen molar-refractivity contribution >= 4 is 0 Å². The molecule has 1 aliphatic carbocycles. The number of rotatable bonds is 1. The van der Waals surface area contributed by atoms with Gasteiger partial charge in [-0.25, -0.2) is 13.2 Å². The van der Waals surface area contributed by atoms with E-state index in [9.17, 15) is 13.2 Å². The Kier molecular flexibility index (Phi) is 3.17. The number of halogens is 3. The average molecular weight is 243 g/mol. The lowest BCUT2D eigenvalue weighted by Gasteiger charge is -2.33. The van der Waals surface area contributed by atoms with Gasteiger partial charge in [0.1, 0.15) is 5.67 Å². The normalized spacial score (nSPS) is 29.4. The fraction of sp³-hybridized carbons (Fsp3) is 0.538. The maximum atomic E-state index is 14.6. The molecule has 0 heterocycles. The fourth-order valence-corrected chi connectivity index (χ4v) is 2.50.